The van der Waals surface area contributed by atoms with Gasteiger partial charge in [-0.25, -0.2) is 0 Å². The van der Waals surface area contributed by atoms with Crippen LogP contribution < -0.4 is 0 Å². The molecular formula is HEuN3. The van der Waals surface area contributed by atoms with Crippen molar-refractivity contribution in [3.05, 3.63) is 10.4 Å². The van der Waals surface area contributed by atoms with Gasteiger partial charge in [-0.1, -0.05) is 0 Å². The standard InChI is InChI=1S/Eu.HN3/c;1-3-2/h;1H. The van der Waals surface area contributed by atoms with Gasteiger partial charge in [-0.15, -0.1) is 5.53 Å². The Morgan fingerprint density at radius 1 is 1.75 bits per heavy atom. The molecule has 1 radical (unpaired) electrons. The molecule has 0 bridgehead atoms. The Hall–Kier alpha value is 0.894. The van der Waals surface area contributed by atoms with E-state index >= 15 is 0 Å². The summed E-state index contributed by atoms with van der Waals surface area (Å²) in [7, 11) is 0. The van der Waals surface area contributed by atoms with Crippen molar-refractivity contribution in [3.8, 4) is 0 Å². The molecular weight excluding hydrogens is 194 g/mol. The molecule has 1 N–H and O–H groups in total. The van der Waals surface area contributed by atoms with Crippen LogP contribution in [0.25, 0.3) is 10.4 Å². The van der Waals surface area contributed by atoms with Gasteiger partial charge in [0.2, 0.25) is 0 Å². The van der Waals surface area contributed by atoms with Gasteiger partial charge in [-0.3, -0.25) is 0 Å². The van der Waals surface area contributed by atoms with Crippen LogP contribution in [-0.2, 0) is 0 Å². The van der Waals surface area contributed by atoms with E-state index in [1.54, 1.807) is 4.91 Å². The largest absolute Gasteiger partial charge is 0.108 e. The van der Waals surface area contributed by atoms with Gasteiger partial charge in [0.1, 0.15) is 0 Å². The van der Waals surface area contributed by atoms with Gasteiger partial charge in [0.25, 0.3) is 0 Å². The molecule has 23 valence electrons. The van der Waals surface area contributed by atoms with Crippen LogP contribution >= 0.6 is 0 Å². The third kappa shape index (κ3) is 13.0. The van der Waals surface area contributed by atoms with Crippen molar-refractivity contribution < 1.29 is 49.4 Å². The minimum atomic E-state index is 0. The summed E-state index contributed by atoms with van der Waals surface area (Å²) in [6, 6.07) is 0. The summed E-state index contributed by atoms with van der Waals surface area (Å²) in [6.07, 6.45) is 0. The Balaban J connectivity index is 0. The number of nitrogens with zero attached hydrogens (tertiary/aromatic N) is 2. The zero-order valence-corrected chi connectivity index (χ0v) is 4.20. The van der Waals surface area contributed by atoms with Crippen molar-refractivity contribution in [1.82, 2.24) is 0 Å². The van der Waals surface area contributed by atoms with Crippen molar-refractivity contribution in [3.63, 3.8) is 0 Å². The average molecular weight is 195 g/mol. The fourth-order valence-corrected chi connectivity index (χ4v) is 0. The van der Waals surface area contributed by atoms with Crippen molar-refractivity contribution in [2.24, 2.45) is 0 Å². The summed E-state index contributed by atoms with van der Waals surface area (Å²) in [4.78, 5) is 1.75. The predicted octanol–water partition coefficient (Wildman–Crippen LogP) is 0.875. The molecule has 0 saturated heterocycles. The second kappa shape index (κ2) is 9.09. The third-order valence-corrected chi connectivity index (χ3v) is 0. The van der Waals surface area contributed by atoms with Gasteiger partial charge in [-0.2, -0.15) is 0 Å². The fourth-order valence-electron chi connectivity index (χ4n) is 0. The molecule has 0 atom stereocenters. The molecule has 4 heavy (non-hydrogen) atoms. The Labute approximate surface area is 64.3 Å². The molecule has 0 rings (SSSR count). The molecule has 3 nitrogen and oxygen atoms in total. The van der Waals surface area contributed by atoms with Crippen LogP contribution in [0.1, 0.15) is 0 Å². The third-order valence-electron chi connectivity index (χ3n) is 0. The Morgan fingerprint density at radius 3 is 1.75 bits per heavy atom. The second-order valence-corrected chi connectivity index (χ2v) is 0.100. The van der Waals surface area contributed by atoms with Gasteiger partial charge < -0.3 is 0 Å². The first-order valence-electron chi connectivity index (χ1n) is 0.424. The minimum absolute atomic E-state index is 0. The van der Waals surface area contributed by atoms with E-state index in [1.807, 2.05) is 0 Å². The zero-order valence-electron chi connectivity index (χ0n) is 1.77. The van der Waals surface area contributed by atoms with Crippen LogP contribution in [0.3, 0.4) is 0 Å². The quantitative estimate of drug-likeness (QED) is 0.338. The summed E-state index contributed by atoms with van der Waals surface area (Å²) in [5.41, 5.74) is 12.2. The molecule has 0 aromatic heterocycles. The van der Waals surface area contributed by atoms with Crippen LogP contribution in [0.4, 0.5) is 0 Å². The molecule has 0 heterocycles. The average Bonchev–Trinajstić information content (AvgIpc) is 0.918. The molecule has 0 fully saturated rings. The molecule has 0 aromatic rings. The molecule has 0 aliphatic carbocycles. The Kier molecular flexibility index (Phi) is 20.1. The maximum absolute atomic E-state index is 6.86. The van der Waals surface area contributed by atoms with Gasteiger partial charge >= 0.3 is 0 Å². The smallest absolute Gasteiger partial charge is 0 e. The number of nitrogens with one attached hydrogen (secondary N) is 1. The summed E-state index contributed by atoms with van der Waals surface area (Å²) in [6.45, 7) is 0. The topological polar surface area (TPSA) is 60.3 Å². The molecule has 0 unspecified atom stereocenters. The first kappa shape index (κ1) is 8.86. The van der Waals surface area contributed by atoms with Crippen LogP contribution in [0.15, 0.2) is 0 Å². The van der Waals surface area contributed by atoms with E-state index in [1.165, 1.54) is 0 Å². The maximum atomic E-state index is 6.86. The number of hydrogen-bond acceptors (Lipinski definition) is 1. The van der Waals surface area contributed by atoms with Gasteiger partial charge in [-0.05, 0) is 10.4 Å². The van der Waals surface area contributed by atoms with Crippen LogP contribution in [-0.4, -0.2) is 0 Å². The van der Waals surface area contributed by atoms with E-state index in [0.29, 0.717) is 0 Å². The van der Waals surface area contributed by atoms with Crippen LogP contribution in [0.2, 0.25) is 0 Å². The predicted molar refractivity (Wildman–Crippen MR) is 9.44 cm³/mol. The Bertz CT molecular complexity index is 24.3. The molecule has 0 amide bonds. The molecule has 0 spiro atoms. The van der Waals surface area contributed by atoms with E-state index in [2.05, 4.69) is 0 Å². The van der Waals surface area contributed by atoms with Crippen molar-refractivity contribution >= 4 is 0 Å². The number of hydrogen-bond donors (Lipinski definition) is 1. The first-order chi connectivity index (χ1) is 1.41. The summed E-state index contributed by atoms with van der Waals surface area (Å²) >= 11 is 0. The van der Waals surface area contributed by atoms with Crippen molar-refractivity contribution in [1.29, 1.82) is 5.53 Å². The van der Waals surface area contributed by atoms with E-state index in [-0.39, 0.29) is 49.4 Å². The van der Waals surface area contributed by atoms with Gasteiger partial charge in [0.05, 0.1) is 0 Å². The fraction of sp³-hybridized carbons (Fsp3) is 0. The van der Waals surface area contributed by atoms with Crippen molar-refractivity contribution in [2.75, 3.05) is 0 Å². The Morgan fingerprint density at radius 2 is 1.75 bits per heavy atom. The first-order valence-corrected chi connectivity index (χ1v) is 0.424. The normalized spacial score (nSPS) is 2.00. The van der Waals surface area contributed by atoms with Crippen molar-refractivity contribution in [2.45, 2.75) is 0 Å². The summed E-state index contributed by atoms with van der Waals surface area (Å²) in [5, 5.41) is 0. The maximum Gasteiger partial charge on any atom is 0 e. The molecule has 0 aliphatic rings. The van der Waals surface area contributed by atoms with E-state index in [9.17, 15) is 0 Å². The monoisotopic (exact) mass is 196 g/mol. The number of rotatable bonds is 0. The van der Waals surface area contributed by atoms with E-state index in [4.69, 9.17) is 11.1 Å². The van der Waals surface area contributed by atoms with E-state index in [0.717, 1.165) is 0 Å². The van der Waals surface area contributed by atoms with Crippen LogP contribution in [0.5, 0.6) is 0 Å². The summed E-state index contributed by atoms with van der Waals surface area (Å²) < 4.78 is 0. The van der Waals surface area contributed by atoms with Gasteiger partial charge in [0, 0.05) is 49.4 Å². The van der Waals surface area contributed by atoms with E-state index < -0.39 is 0 Å². The van der Waals surface area contributed by atoms with Crippen LogP contribution in [0, 0.1) is 54.9 Å². The minimum Gasteiger partial charge on any atom is -0.108 e. The SMILES string of the molecule is [Eu].[N-]=[N+]=N. The van der Waals surface area contributed by atoms with Gasteiger partial charge in [0.15, 0.2) is 0 Å². The zero-order chi connectivity index (χ0) is 2.71. The molecule has 0 aliphatic heterocycles. The second-order valence-electron chi connectivity index (χ2n) is 0.100. The summed E-state index contributed by atoms with van der Waals surface area (Å²) in [5.74, 6) is 0. The molecule has 0 saturated carbocycles. The molecule has 0 aromatic carbocycles. The molecule has 4 heteroatoms.